The van der Waals surface area contributed by atoms with Gasteiger partial charge in [0.1, 0.15) is 5.82 Å². The van der Waals surface area contributed by atoms with Crippen molar-refractivity contribution in [2.45, 2.75) is 19.4 Å². The van der Waals surface area contributed by atoms with Gasteiger partial charge in [-0.15, -0.1) is 0 Å². The molecule has 2 unspecified atom stereocenters. The van der Waals surface area contributed by atoms with E-state index in [1.54, 1.807) is 0 Å². The van der Waals surface area contributed by atoms with Crippen molar-refractivity contribution < 1.29 is 9.90 Å². The molecule has 0 bridgehead atoms. The first kappa shape index (κ1) is 13.1. The van der Waals surface area contributed by atoms with E-state index in [9.17, 15) is 9.90 Å². The first-order valence-corrected chi connectivity index (χ1v) is 6.97. The lowest BCUT2D eigenvalue weighted by atomic mass is 10.0. The monoisotopic (exact) mass is 270 g/mol. The van der Waals surface area contributed by atoms with Crippen molar-refractivity contribution in [1.82, 2.24) is 4.98 Å². The van der Waals surface area contributed by atoms with E-state index in [0.29, 0.717) is 17.3 Å². The van der Waals surface area contributed by atoms with E-state index in [0.717, 1.165) is 30.2 Å². The van der Waals surface area contributed by atoms with E-state index in [1.807, 2.05) is 30.3 Å². The van der Waals surface area contributed by atoms with Crippen LogP contribution in [-0.4, -0.2) is 35.6 Å². The second kappa shape index (κ2) is 5.21. The molecule has 1 aliphatic rings. The zero-order chi connectivity index (χ0) is 14.1. The number of pyridine rings is 1. The van der Waals surface area contributed by atoms with E-state index in [4.69, 9.17) is 0 Å². The van der Waals surface area contributed by atoms with Gasteiger partial charge < -0.3 is 10.0 Å². The number of carbonyl (C=O) groups is 1. The second-order valence-corrected chi connectivity index (χ2v) is 5.42. The molecule has 4 heteroatoms. The summed E-state index contributed by atoms with van der Waals surface area (Å²) in [5.41, 5.74) is 1.47. The lowest BCUT2D eigenvalue weighted by molar-refractivity contribution is 0.112. The highest BCUT2D eigenvalue weighted by atomic mass is 16.3. The van der Waals surface area contributed by atoms with Gasteiger partial charge >= 0.3 is 0 Å². The Morgan fingerprint density at radius 3 is 3.00 bits per heavy atom. The average molecular weight is 270 g/mol. The normalized spacial score (nSPS) is 22.4. The van der Waals surface area contributed by atoms with Crippen LogP contribution >= 0.6 is 0 Å². The summed E-state index contributed by atoms with van der Waals surface area (Å²) in [5, 5.41) is 10.6. The molecule has 1 aromatic carbocycles. The highest BCUT2D eigenvalue weighted by molar-refractivity contribution is 5.91. The fraction of sp³-hybridized carbons (Fsp3) is 0.375. The highest BCUT2D eigenvalue weighted by Gasteiger charge is 2.32. The Balaban J connectivity index is 2.12. The summed E-state index contributed by atoms with van der Waals surface area (Å²) in [5.74, 6) is 1.11. The standard InChI is InChI=1S/C16H18N2O2/c1-11-6-7-18(15(11)10-20)16-13(9-19)8-12-4-2-3-5-14(12)17-16/h2-5,8-9,11,15,20H,6-7,10H2,1H3. The van der Waals surface area contributed by atoms with E-state index in [-0.39, 0.29) is 12.6 Å². The molecule has 20 heavy (non-hydrogen) atoms. The number of hydrogen-bond acceptors (Lipinski definition) is 4. The number of hydrogen-bond donors (Lipinski definition) is 1. The smallest absolute Gasteiger partial charge is 0.153 e. The summed E-state index contributed by atoms with van der Waals surface area (Å²) < 4.78 is 0. The Morgan fingerprint density at radius 1 is 1.45 bits per heavy atom. The van der Waals surface area contributed by atoms with Gasteiger partial charge in [-0.2, -0.15) is 0 Å². The summed E-state index contributed by atoms with van der Waals surface area (Å²) >= 11 is 0. The number of aldehydes is 1. The minimum atomic E-state index is 0.0439. The lowest BCUT2D eigenvalue weighted by Crippen LogP contribution is -2.36. The Hall–Kier alpha value is -1.94. The largest absolute Gasteiger partial charge is 0.394 e. The van der Waals surface area contributed by atoms with Crippen LogP contribution < -0.4 is 4.90 Å². The summed E-state index contributed by atoms with van der Waals surface area (Å²) in [7, 11) is 0. The molecule has 0 spiro atoms. The van der Waals surface area contributed by atoms with Gasteiger partial charge in [0.25, 0.3) is 0 Å². The van der Waals surface area contributed by atoms with Crippen LogP contribution in [0.3, 0.4) is 0 Å². The number of rotatable bonds is 3. The van der Waals surface area contributed by atoms with Crippen molar-refractivity contribution in [3.63, 3.8) is 0 Å². The van der Waals surface area contributed by atoms with Crippen molar-refractivity contribution >= 4 is 23.0 Å². The molecule has 0 saturated carbocycles. The van der Waals surface area contributed by atoms with Crippen molar-refractivity contribution in [3.05, 3.63) is 35.9 Å². The number of fused-ring (bicyclic) bond motifs is 1. The molecule has 3 rings (SSSR count). The number of anilines is 1. The van der Waals surface area contributed by atoms with Crippen LogP contribution in [0, 0.1) is 5.92 Å². The first-order valence-electron chi connectivity index (χ1n) is 6.97. The molecular weight excluding hydrogens is 252 g/mol. The number of benzene rings is 1. The number of nitrogens with zero attached hydrogens (tertiary/aromatic N) is 2. The summed E-state index contributed by atoms with van der Waals surface area (Å²) in [6, 6.07) is 9.70. The van der Waals surface area contributed by atoms with Crippen LogP contribution in [0.25, 0.3) is 10.9 Å². The van der Waals surface area contributed by atoms with Gasteiger partial charge in [-0.3, -0.25) is 4.79 Å². The van der Waals surface area contributed by atoms with E-state index < -0.39 is 0 Å². The molecule has 0 radical (unpaired) electrons. The fourth-order valence-electron chi connectivity index (χ4n) is 2.99. The molecule has 4 nitrogen and oxygen atoms in total. The third-order valence-corrected chi connectivity index (χ3v) is 4.20. The molecule has 2 atom stereocenters. The van der Waals surface area contributed by atoms with Gasteiger partial charge in [0, 0.05) is 11.9 Å². The van der Waals surface area contributed by atoms with Crippen LogP contribution in [0.5, 0.6) is 0 Å². The van der Waals surface area contributed by atoms with Crippen LogP contribution in [0.1, 0.15) is 23.7 Å². The summed E-state index contributed by atoms with van der Waals surface area (Å²) in [6.45, 7) is 3.05. The predicted molar refractivity (Wildman–Crippen MR) is 79.1 cm³/mol. The van der Waals surface area contributed by atoms with E-state index in [1.165, 1.54) is 0 Å². The number of aromatic nitrogens is 1. The molecule has 2 heterocycles. The quantitative estimate of drug-likeness (QED) is 0.869. The molecule has 2 aromatic rings. The Kier molecular flexibility index (Phi) is 3.40. The van der Waals surface area contributed by atoms with E-state index >= 15 is 0 Å². The van der Waals surface area contributed by atoms with Gasteiger partial charge in [0.05, 0.1) is 23.7 Å². The van der Waals surface area contributed by atoms with Crippen molar-refractivity contribution in [3.8, 4) is 0 Å². The predicted octanol–water partition coefficient (Wildman–Crippen LogP) is 2.25. The van der Waals surface area contributed by atoms with Crippen molar-refractivity contribution in [2.24, 2.45) is 5.92 Å². The molecule has 0 aliphatic carbocycles. The number of aliphatic hydroxyl groups is 1. The minimum absolute atomic E-state index is 0.0439. The molecule has 1 fully saturated rings. The van der Waals surface area contributed by atoms with Gasteiger partial charge in [-0.05, 0) is 24.5 Å². The van der Waals surface area contributed by atoms with Crippen LogP contribution in [0.4, 0.5) is 5.82 Å². The third-order valence-electron chi connectivity index (χ3n) is 4.20. The summed E-state index contributed by atoms with van der Waals surface area (Å²) in [6.07, 6.45) is 1.87. The molecule has 1 aliphatic heterocycles. The Labute approximate surface area is 118 Å². The van der Waals surface area contributed by atoms with Crippen LogP contribution in [0.2, 0.25) is 0 Å². The molecule has 104 valence electrons. The number of aliphatic hydroxyl groups excluding tert-OH is 1. The van der Waals surface area contributed by atoms with Crippen molar-refractivity contribution in [2.75, 3.05) is 18.1 Å². The fourth-order valence-corrected chi connectivity index (χ4v) is 2.99. The van der Waals surface area contributed by atoms with Gasteiger partial charge in [-0.1, -0.05) is 25.1 Å². The second-order valence-electron chi connectivity index (χ2n) is 5.42. The number of carbonyl (C=O) groups excluding carboxylic acids is 1. The molecular formula is C16H18N2O2. The Bertz CT molecular complexity index is 641. The van der Waals surface area contributed by atoms with Crippen molar-refractivity contribution in [1.29, 1.82) is 0 Å². The maximum atomic E-state index is 11.4. The molecule has 0 amide bonds. The topological polar surface area (TPSA) is 53.4 Å². The van der Waals surface area contributed by atoms with Gasteiger partial charge in [0.15, 0.2) is 6.29 Å². The maximum Gasteiger partial charge on any atom is 0.153 e. The number of para-hydroxylation sites is 1. The van der Waals surface area contributed by atoms with Gasteiger partial charge in [0.2, 0.25) is 0 Å². The van der Waals surface area contributed by atoms with E-state index in [2.05, 4.69) is 16.8 Å². The highest BCUT2D eigenvalue weighted by Crippen LogP contribution is 2.31. The lowest BCUT2D eigenvalue weighted by Gasteiger charge is -2.27. The molecule has 1 aromatic heterocycles. The SMILES string of the molecule is CC1CCN(c2nc3ccccc3cc2C=O)C1CO. The minimum Gasteiger partial charge on any atom is -0.394 e. The van der Waals surface area contributed by atoms with Crippen LogP contribution in [0.15, 0.2) is 30.3 Å². The summed E-state index contributed by atoms with van der Waals surface area (Å²) in [4.78, 5) is 18.1. The molecule has 1 N–H and O–H groups in total. The average Bonchev–Trinajstić information content (AvgIpc) is 2.86. The zero-order valence-electron chi connectivity index (χ0n) is 11.5. The maximum absolute atomic E-state index is 11.4. The van der Waals surface area contributed by atoms with Crippen LogP contribution in [-0.2, 0) is 0 Å². The zero-order valence-corrected chi connectivity index (χ0v) is 11.5. The Morgan fingerprint density at radius 2 is 2.25 bits per heavy atom. The third kappa shape index (κ3) is 2.06. The molecule has 1 saturated heterocycles. The first-order chi connectivity index (χ1) is 9.74. The van der Waals surface area contributed by atoms with Gasteiger partial charge in [-0.25, -0.2) is 4.98 Å².